The maximum Gasteiger partial charge on any atom is 0.407 e. The van der Waals surface area contributed by atoms with Crippen molar-refractivity contribution in [2.24, 2.45) is 11.8 Å². The van der Waals surface area contributed by atoms with E-state index in [9.17, 15) is 4.79 Å². The molecule has 4 nitrogen and oxygen atoms in total. The summed E-state index contributed by atoms with van der Waals surface area (Å²) in [5, 5.41) is 3.05. The van der Waals surface area contributed by atoms with Crippen LogP contribution in [-0.4, -0.2) is 41.8 Å². The molecule has 2 rings (SSSR count). The van der Waals surface area contributed by atoms with Crippen LogP contribution in [0, 0.1) is 11.8 Å². The van der Waals surface area contributed by atoms with E-state index in [4.69, 9.17) is 4.74 Å². The second-order valence-corrected chi connectivity index (χ2v) is 7.72. The largest absolute Gasteiger partial charge is 0.444 e. The number of alkyl carbamates (subject to hydrolysis) is 1. The van der Waals surface area contributed by atoms with Gasteiger partial charge in [-0.25, -0.2) is 4.79 Å². The van der Waals surface area contributed by atoms with Crippen LogP contribution in [0.1, 0.15) is 53.9 Å². The molecule has 2 aliphatic rings. The molecule has 1 aliphatic carbocycles. The number of rotatable bonds is 3. The highest BCUT2D eigenvalue weighted by Crippen LogP contribution is 2.36. The molecular weight excluding hydrogens is 252 g/mol. The van der Waals surface area contributed by atoms with Gasteiger partial charge in [0, 0.05) is 25.2 Å². The zero-order valence-electron chi connectivity index (χ0n) is 13.6. The minimum absolute atomic E-state index is 0.217. The first-order chi connectivity index (χ1) is 9.24. The van der Waals surface area contributed by atoms with Crippen molar-refractivity contribution in [2.45, 2.75) is 71.6 Å². The third-order valence-corrected chi connectivity index (χ3v) is 4.29. The van der Waals surface area contributed by atoms with E-state index in [1.165, 1.54) is 12.8 Å². The van der Waals surface area contributed by atoms with E-state index < -0.39 is 5.60 Å². The lowest BCUT2D eigenvalue weighted by atomic mass is 9.94. The monoisotopic (exact) mass is 282 g/mol. The van der Waals surface area contributed by atoms with Crippen LogP contribution >= 0.6 is 0 Å². The van der Waals surface area contributed by atoms with Crippen LogP contribution in [0.25, 0.3) is 0 Å². The highest BCUT2D eigenvalue weighted by atomic mass is 16.6. The van der Waals surface area contributed by atoms with Gasteiger partial charge in [0.1, 0.15) is 5.60 Å². The Kier molecular flexibility index (Phi) is 4.62. The lowest BCUT2D eigenvalue weighted by Gasteiger charge is -2.40. The third kappa shape index (κ3) is 4.65. The number of amides is 1. The summed E-state index contributed by atoms with van der Waals surface area (Å²) in [5.41, 5.74) is -0.425. The summed E-state index contributed by atoms with van der Waals surface area (Å²) in [7, 11) is 0. The van der Waals surface area contributed by atoms with E-state index in [-0.39, 0.29) is 12.1 Å². The van der Waals surface area contributed by atoms with Crippen LogP contribution in [0.2, 0.25) is 0 Å². The summed E-state index contributed by atoms with van der Waals surface area (Å²) >= 11 is 0. The molecule has 3 unspecified atom stereocenters. The van der Waals surface area contributed by atoms with Crippen molar-refractivity contribution in [1.82, 2.24) is 10.2 Å². The predicted octanol–water partition coefficient (Wildman–Crippen LogP) is 3.02. The maximum absolute atomic E-state index is 11.9. The van der Waals surface area contributed by atoms with Crippen molar-refractivity contribution in [1.29, 1.82) is 0 Å². The summed E-state index contributed by atoms with van der Waals surface area (Å²) in [4.78, 5) is 14.5. The molecule has 0 bridgehead atoms. The maximum atomic E-state index is 11.9. The van der Waals surface area contributed by atoms with Crippen molar-refractivity contribution >= 4 is 6.09 Å². The molecule has 116 valence electrons. The molecule has 1 N–H and O–H groups in total. The number of carbonyl (C=O) groups excluding carboxylic acids is 1. The Bertz CT molecular complexity index is 347. The Morgan fingerprint density at radius 1 is 1.30 bits per heavy atom. The summed E-state index contributed by atoms with van der Waals surface area (Å²) in [6.07, 6.45) is 3.51. The molecule has 0 aromatic carbocycles. The topological polar surface area (TPSA) is 41.6 Å². The van der Waals surface area contributed by atoms with Crippen LogP contribution in [0.5, 0.6) is 0 Å². The van der Waals surface area contributed by atoms with Gasteiger partial charge in [-0.05, 0) is 58.8 Å². The van der Waals surface area contributed by atoms with E-state index in [0.717, 1.165) is 25.4 Å². The molecule has 0 spiro atoms. The molecule has 0 aromatic heterocycles. The Hall–Kier alpha value is -0.770. The van der Waals surface area contributed by atoms with Crippen LogP contribution in [0.15, 0.2) is 0 Å². The standard InChI is InChI=1S/C16H30N2O2/c1-11-8-14(17-15(19)20-16(3,4)5)10-18(9-11)12(2)13-6-7-13/h11-14H,6-10H2,1-5H3,(H,17,19). The molecule has 4 heteroatoms. The molecule has 20 heavy (non-hydrogen) atoms. The number of carbonyl (C=O) groups is 1. The van der Waals surface area contributed by atoms with E-state index in [1.807, 2.05) is 20.8 Å². The zero-order valence-corrected chi connectivity index (χ0v) is 13.6. The fourth-order valence-electron chi connectivity index (χ4n) is 3.18. The van der Waals surface area contributed by atoms with Crippen LogP contribution in [0.4, 0.5) is 4.79 Å². The van der Waals surface area contributed by atoms with Gasteiger partial charge in [-0.3, -0.25) is 4.90 Å². The van der Waals surface area contributed by atoms with Crippen molar-refractivity contribution in [3.05, 3.63) is 0 Å². The molecule has 2 fully saturated rings. The van der Waals surface area contributed by atoms with Gasteiger partial charge in [-0.15, -0.1) is 0 Å². The molecule has 1 saturated heterocycles. The molecule has 0 radical (unpaired) electrons. The third-order valence-electron chi connectivity index (χ3n) is 4.29. The number of hydrogen-bond donors (Lipinski definition) is 1. The number of nitrogens with one attached hydrogen (secondary N) is 1. The second kappa shape index (κ2) is 5.92. The Balaban J connectivity index is 1.86. The van der Waals surface area contributed by atoms with Gasteiger partial charge in [-0.1, -0.05) is 6.92 Å². The minimum Gasteiger partial charge on any atom is -0.444 e. The Morgan fingerprint density at radius 3 is 2.50 bits per heavy atom. The lowest BCUT2D eigenvalue weighted by Crippen LogP contribution is -2.53. The number of hydrogen-bond acceptors (Lipinski definition) is 3. The summed E-state index contributed by atoms with van der Waals surface area (Å²) in [6, 6.07) is 0.871. The number of nitrogens with zero attached hydrogens (tertiary/aromatic N) is 1. The van der Waals surface area contributed by atoms with Crippen molar-refractivity contribution in [3.63, 3.8) is 0 Å². The molecule has 1 aliphatic heterocycles. The average molecular weight is 282 g/mol. The molecule has 1 amide bonds. The van der Waals surface area contributed by atoms with Crippen molar-refractivity contribution < 1.29 is 9.53 Å². The fraction of sp³-hybridized carbons (Fsp3) is 0.938. The summed E-state index contributed by atoms with van der Waals surface area (Å²) < 4.78 is 5.36. The number of likely N-dealkylation sites (tertiary alicyclic amines) is 1. The van der Waals surface area contributed by atoms with E-state index in [2.05, 4.69) is 24.1 Å². The number of piperidine rings is 1. The summed E-state index contributed by atoms with van der Waals surface area (Å²) in [6.45, 7) is 12.4. The van der Waals surface area contributed by atoms with Gasteiger partial charge in [-0.2, -0.15) is 0 Å². The highest BCUT2D eigenvalue weighted by molar-refractivity contribution is 5.68. The molecule has 1 heterocycles. The van der Waals surface area contributed by atoms with E-state index >= 15 is 0 Å². The first kappa shape index (κ1) is 15.6. The smallest absolute Gasteiger partial charge is 0.407 e. The number of ether oxygens (including phenoxy) is 1. The van der Waals surface area contributed by atoms with E-state index in [0.29, 0.717) is 12.0 Å². The molecular formula is C16H30N2O2. The van der Waals surface area contributed by atoms with Crippen LogP contribution in [-0.2, 0) is 4.74 Å². The van der Waals surface area contributed by atoms with Gasteiger partial charge in [0.25, 0.3) is 0 Å². The second-order valence-electron chi connectivity index (χ2n) is 7.72. The van der Waals surface area contributed by atoms with Gasteiger partial charge in [0.05, 0.1) is 0 Å². The normalized spacial score (nSPS) is 29.9. The fourth-order valence-corrected chi connectivity index (χ4v) is 3.18. The predicted molar refractivity (Wildman–Crippen MR) is 80.7 cm³/mol. The highest BCUT2D eigenvalue weighted by Gasteiger charge is 2.36. The van der Waals surface area contributed by atoms with Crippen molar-refractivity contribution in [3.8, 4) is 0 Å². The minimum atomic E-state index is -0.425. The first-order valence-electron chi connectivity index (χ1n) is 7.98. The van der Waals surface area contributed by atoms with E-state index in [1.54, 1.807) is 0 Å². The van der Waals surface area contributed by atoms with Crippen molar-refractivity contribution in [2.75, 3.05) is 13.1 Å². The first-order valence-corrected chi connectivity index (χ1v) is 7.98. The van der Waals surface area contributed by atoms with Gasteiger partial charge < -0.3 is 10.1 Å². The summed E-state index contributed by atoms with van der Waals surface area (Å²) in [5.74, 6) is 1.51. The lowest BCUT2D eigenvalue weighted by molar-refractivity contribution is 0.0420. The SMILES string of the molecule is CC1CC(NC(=O)OC(C)(C)C)CN(C(C)C2CC2)C1. The zero-order chi connectivity index (χ0) is 14.9. The molecule has 3 atom stereocenters. The molecule has 0 aromatic rings. The van der Waals surface area contributed by atoms with Gasteiger partial charge >= 0.3 is 6.09 Å². The molecule has 1 saturated carbocycles. The Morgan fingerprint density at radius 2 is 1.95 bits per heavy atom. The van der Waals surface area contributed by atoms with Gasteiger partial charge in [0.2, 0.25) is 0 Å². The quantitative estimate of drug-likeness (QED) is 0.865. The van der Waals surface area contributed by atoms with Crippen LogP contribution < -0.4 is 5.32 Å². The van der Waals surface area contributed by atoms with Crippen LogP contribution in [0.3, 0.4) is 0 Å². The van der Waals surface area contributed by atoms with Gasteiger partial charge in [0.15, 0.2) is 0 Å². The average Bonchev–Trinajstić information content (AvgIpc) is 3.07. The Labute approximate surface area is 123 Å².